The van der Waals surface area contributed by atoms with Gasteiger partial charge in [0.05, 0.1) is 6.04 Å². The molecule has 3 nitrogen and oxygen atoms in total. The number of hydrogen-bond acceptors (Lipinski definition) is 3. The first-order valence-corrected chi connectivity index (χ1v) is 6.59. The lowest BCUT2D eigenvalue weighted by molar-refractivity contribution is -0.120. The van der Waals surface area contributed by atoms with Crippen LogP contribution in [0.25, 0.3) is 0 Å². The molecular formula is C14H23NO2. The second-order valence-corrected chi connectivity index (χ2v) is 4.81. The van der Waals surface area contributed by atoms with Gasteiger partial charge in [-0.05, 0) is 45.2 Å². The number of allylic oxidation sites excluding steroid dienone is 1. The summed E-state index contributed by atoms with van der Waals surface area (Å²) in [4.78, 5) is 22.9. The predicted molar refractivity (Wildman–Crippen MR) is 68.7 cm³/mol. The van der Waals surface area contributed by atoms with E-state index in [2.05, 4.69) is 5.32 Å². The fraction of sp³-hybridized carbons (Fsp3) is 0.714. The van der Waals surface area contributed by atoms with Crippen LogP contribution in [0.2, 0.25) is 0 Å². The van der Waals surface area contributed by atoms with Crippen LogP contribution in [0, 0.1) is 0 Å². The molecule has 0 aromatic rings. The minimum atomic E-state index is -0.191. The average molecular weight is 237 g/mol. The number of hydrogen-bond donors (Lipinski definition) is 1. The van der Waals surface area contributed by atoms with Gasteiger partial charge in [-0.15, -0.1) is 0 Å². The first-order valence-electron chi connectivity index (χ1n) is 6.59. The average Bonchev–Trinajstić information content (AvgIpc) is 2.20. The highest BCUT2D eigenvalue weighted by atomic mass is 16.1. The van der Waals surface area contributed by atoms with Crippen molar-refractivity contribution in [3.63, 3.8) is 0 Å². The van der Waals surface area contributed by atoms with Gasteiger partial charge in [0.15, 0.2) is 5.78 Å². The molecule has 0 aromatic heterocycles. The van der Waals surface area contributed by atoms with Gasteiger partial charge in [0, 0.05) is 12.8 Å². The molecule has 17 heavy (non-hydrogen) atoms. The number of carbonyl (C=O) groups is 2. The standard InChI is InChI=1S/C14H23NO2/c1-3-5-13(17)8-9-14(11(2)16)15-10-12-6-4-7-12/h10,14-15H,3-9H2,1-2H3. The van der Waals surface area contributed by atoms with Crippen molar-refractivity contribution < 1.29 is 9.59 Å². The van der Waals surface area contributed by atoms with Crippen LogP contribution in [0.3, 0.4) is 0 Å². The summed E-state index contributed by atoms with van der Waals surface area (Å²) in [6, 6.07) is -0.191. The van der Waals surface area contributed by atoms with E-state index in [4.69, 9.17) is 0 Å². The Morgan fingerprint density at radius 2 is 2.06 bits per heavy atom. The van der Waals surface area contributed by atoms with E-state index >= 15 is 0 Å². The smallest absolute Gasteiger partial charge is 0.151 e. The van der Waals surface area contributed by atoms with Gasteiger partial charge in [-0.2, -0.15) is 0 Å². The van der Waals surface area contributed by atoms with Crippen LogP contribution in [0.15, 0.2) is 11.8 Å². The van der Waals surface area contributed by atoms with Crippen molar-refractivity contribution in [2.75, 3.05) is 0 Å². The molecule has 1 atom stereocenters. The predicted octanol–water partition coefficient (Wildman–Crippen LogP) is 2.75. The Balaban J connectivity index is 2.32. The Hall–Kier alpha value is -1.12. The molecule has 0 heterocycles. The Labute approximate surface area is 104 Å². The zero-order valence-electron chi connectivity index (χ0n) is 10.9. The maximum atomic E-state index is 11.4. The minimum absolute atomic E-state index is 0.116. The highest BCUT2D eigenvalue weighted by Gasteiger charge is 2.15. The van der Waals surface area contributed by atoms with Gasteiger partial charge >= 0.3 is 0 Å². The van der Waals surface area contributed by atoms with Crippen LogP contribution in [0.1, 0.15) is 58.8 Å². The van der Waals surface area contributed by atoms with E-state index in [9.17, 15) is 9.59 Å². The van der Waals surface area contributed by atoms with Gasteiger partial charge < -0.3 is 5.32 Å². The molecule has 1 aliphatic carbocycles. The Morgan fingerprint density at radius 3 is 2.53 bits per heavy atom. The van der Waals surface area contributed by atoms with Crippen LogP contribution in [0.5, 0.6) is 0 Å². The summed E-state index contributed by atoms with van der Waals surface area (Å²) in [5, 5.41) is 3.15. The highest BCUT2D eigenvalue weighted by molar-refractivity contribution is 5.83. The number of rotatable bonds is 8. The van der Waals surface area contributed by atoms with Crippen molar-refractivity contribution in [2.24, 2.45) is 0 Å². The first kappa shape index (κ1) is 13.9. The monoisotopic (exact) mass is 237 g/mol. The molecule has 0 bridgehead atoms. The lowest BCUT2D eigenvalue weighted by Crippen LogP contribution is -2.32. The van der Waals surface area contributed by atoms with Crippen LogP contribution in [-0.2, 0) is 9.59 Å². The van der Waals surface area contributed by atoms with Gasteiger partial charge in [0.25, 0.3) is 0 Å². The molecule has 1 N–H and O–H groups in total. The molecule has 1 fully saturated rings. The Kier molecular flexibility index (Phi) is 5.95. The van der Waals surface area contributed by atoms with E-state index in [1.165, 1.54) is 12.0 Å². The third kappa shape index (κ3) is 5.16. The van der Waals surface area contributed by atoms with Crippen molar-refractivity contribution in [2.45, 2.75) is 64.8 Å². The van der Waals surface area contributed by atoms with E-state index in [1.54, 1.807) is 6.92 Å². The number of Topliss-reactive ketones (excluding diaryl/α,β-unsaturated/α-hetero) is 2. The van der Waals surface area contributed by atoms with Crippen LogP contribution < -0.4 is 5.32 Å². The van der Waals surface area contributed by atoms with Gasteiger partial charge in [-0.3, -0.25) is 9.59 Å². The van der Waals surface area contributed by atoms with Crippen molar-refractivity contribution in [1.29, 1.82) is 0 Å². The molecule has 0 radical (unpaired) electrons. The molecule has 3 heteroatoms. The maximum Gasteiger partial charge on any atom is 0.151 e. The molecule has 0 aliphatic heterocycles. The first-order chi connectivity index (χ1) is 8.13. The quantitative estimate of drug-likeness (QED) is 0.706. The summed E-state index contributed by atoms with van der Waals surface area (Å²) in [6.45, 7) is 3.58. The van der Waals surface area contributed by atoms with E-state index < -0.39 is 0 Å². The molecule has 0 amide bonds. The molecule has 1 unspecified atom stereocenters. The third-order valence-electron chi connectivity index (χ3n) is 3.22. The highest BCUT2D eigenvalue weighted by Crippen LogP contribution is 2.24. The summed E-state index contributed by atoms with van der Waals surface area (Å²) < 4.78 is 0. The third-order valence-corrected chi connectivity index (χ3v) is 3.22. The van der Waals surface area contributed by atoms with Crippen molar-refractivity contribution in [3.05, 3.63) is 11.8 Å². The van der Waals surface area contributed by atoms with Crippen molar-refractivity contribution in [1.82, 2.24) is 5.32 Å². The molecular weight excluding hydrogens is 214 g/mol. The lowest BCUT2D eigenvalue weighted by atomic mass is 9.93. The fourth-order valence-corrected chi connectivity index (χ4v) is 1.86. The van der Waals surface area contributed by atoms with Gasteiger partial charge in [0.2, 0.25) is 0 Å². The topological polar surface area (TPSA) is 46.2 Å². The van der Waals surface area contributed by atoms with Crippen LogP contribution in [0.4, 0.5) is 0 Å². The Bertz CT molecular complexity index is 301. The summed E-state index contributed by atoms with van der Waals surface area (Å²) in [5.41, 5.74) is 1.39. The summed E-state index contributed by atoms with van der Waals surface area (Å²) in [7, 11) is 0. The number of nitrogens with one attached hydrogen (secondary N) is 1. The van der Waals surface area contributed by atoms with E-state index in [1.807, 2.05) is 13.1 Å². The summed E-state index contributed by atoms with van der Waals surface area (Å²) >= 11 is 0. The normalized spacial score (nSPS) is 16.0. The van der Waals surface area contributed by atoms with Gasteiger partial charge in [-0.1, -0.05) is 12.5 Å². The largest absolute Gasteiger partial charge is 0.381 e. The molecule has 1 saturated carbocycles. The Morgan fingerprint density at radius 1 is 1.35 bits per heavy atom. The number of carbonyl (C=O) groups excluding carboxylic acids is 2. The second kappa shape index (κ2) is 7.25. The molecule has 0 aromatic carbocycles. The van der Waals surface area contributed by atoms with E-state index in [0.717, 1.165) is 19.3 Å². The zero-order chi connectivity index (χ0) is 12.7. The SMILES string of the molecule is CCCC(=O)CCC(NC=C1CCC1)C(C)=O. The van der Waals surface area contributed by atoms with Crippen LogP contribution >= 0.6 is 0 Å². The zero-order valence-corrected chi connectivity index (χ0v) is 10.9. The van der Waals surface area contributed by atoms with Crippen molar-refractivity contribution >= 4 is 11.6 Å². The molecule has 0 spiro atoms. The van der Waals surface area contributed by atoms with Gasteiger partial charge in [0.1, 0.15) is 5.78 Å². The molecule has 1 aliphatic rings. The lowest BCUT2D eigenvalue weighted by Gasteiger charge is -2.19. The minimum Gasteiger partial charge on any atom is -0.381 e. The van der Waals surface area contributed by atoms with E-state index in [0.29, 0.717) is 19.3 Å². The molecule has 1 rings (SSSR count). The summed E-state index contributed by atoms with van der Waals surface area (Å²) in [6.07, 6.45) is 8.17. The fourth-order valence-electron chi connectivity index (χ4n) is 1.86. The van der Waals surface area contributed by atoms with E-state index in [-0.39, 0.29) is 17.6 Å². The van der Waals surface area contributed by atoms with Crippen LogP contribution in [-0.4, -0.2) is 17.6 Å². The molecule has 96 valence electrons. The van der Waals surface area contributed by atoms with Gasteiger partial charge in [-0.25, -0.2) is 0 Å². The number of ketones is 2. The second-order valence-electron chi connectivity index (χ2n) is 4.81. The maximum absolute atomic E-state index is 11.4. The van der Waals surface area contributed by atoms with Crippen molar-refractivity contribution in [3.8, 4) is 0 Å². The molecule has 0 saturated heterocycles. The summed E-state index contributed by atoms with van der Waals surface area (Å²) in [5.74, 6) is 0.377.